The second-order valence-electron chi connectivity index (χ2n) is 4.77. The molecule has 0 radical (unpaired) electrons. The molecule has 1 aromatic heterocycles. The molecule has 0 fully saturated rings. The van der Waals surface area contributed by atoms with Crippen molar-refractivity contribution in [3.8, 4) is 0 Å². The van der Waals surface area contributed by atoms with Crippen LogP contribution in [0.25, 0.3) is 0 Å². The molecule has 1 unspecified atom stereocenters. The summed E-state index contributed by atoms with van der Waals surface area (Å²) in [5.41, 5.74) is 6.30. The number of pyridine rings is 1. The number of guanidine groups is 1. The van der Waals surface area contributed by atoms with Crippen molar-refractivity contribution in [2.24, 2.45) is 10.7 Å². The molecule has 0 aromatic carbocycles. The quantitative estimate of drug-likeness (QED) is 0.846. The fraction of sp³-hybridized carbons (Fsp3) is 0.500. The molecule has 2 N–H and O–H groups in total. The van der Waals surface area contributed by atoms with Gasteiger partial charge in [0.2, 0.25) is 0 Å². The molecular weight excluding hydrogens is 219 g/mol. The van der Waals surface area contributed by atoms with Crippen LogP contribution in [0.3, 0.4) is 0 Å². The maximum atomic E-state index is 12.9. The molecule has 0 bridgehead atoms. The lowest BCUT2D eigenvalue weighted by atomic mass is 9.95. The van der Waals surface area contributed by atoms with Crippen LogP contribution in [0, 0.1) is 5.82 Å². The Balaban J connectivity index is 2.39. The van der Waals surface area contributed by atoms with E-state index < -0.39 is 0 Å². The lowest BCUT2D eigenvalue weighted by Crippen LogP contribution is -2.51. The van der Waals surface area contributed by atoms with Crippen molar-refractivity contribution in [1.82, 2.24) is 9.88 Å². The third kappa shape index (κ3) is 1.85. The lowest BCUT2D eigenvalue weighted by molar-refractivity contribution is 0.179. The Morgan fingerprint density at radius 1 is 1.47 bits per heavy atom. The molecule has 4 nitrogen and oxygen atoms in total. The summed E-state index contributed by atoms with van der Waals surface area (Å²) in [7, 11) is 0. The van der Waals surface area contributed by atoms with Gasteiger partial charge in [-0.2, -0.15) is 0 Å². The molecule has 1 aromatic rings. The van der Waals surface area contributed by atoms with Gasteiger partial charge in [-0.15, -0.1) is 0 Å². The first kappa shape index (κ1) is 11.8. The number of rotatable bonds is 2. The van der Waals surface area contributed by atoms with Crippen LogP contribution in [-0.2, 0) is 5.54 Å². The third-order valence-electron chi connectivity index (χ3n) is 3.12. The van der Waals surface area contributed by atoms with E-state index in [9.17, 15) is 4.39 Å². The summed E-state index contributed by atoms with van der Waals surface area (Å²) in [5.74, 6) is 0.189. The SMILES string of the molecule is CC(C)N1C(N)=NCC1(C)c1ccc(F)cn1. The Morgan fingerprint density at radius 3 is 2.71 bits per heavy atom. The van der Waals surface area contributed by atoms with Crippen molar-refractivity contribution in [1.29, 1.82) is 0 Å². The highest BCUT2D eigenvalue weighted by Gasteiger charge is 2.41. The van der Waals surface area contributed by atoms with E-state index >= 15 is 0 Å². The summed E-state index contributed by atoms with van der Waals surface area (Å²) in [5, 5.41) is 0. The number of aliphatic imine (C=N–C) groups is 1. The Bertz CT molecular complexity index is 440. The topological polar surface area (TPSA) is 54.5 Å². The molecule has 0 saturated carbocycles. The molecule has 2 rings (SSSR count). The number of nitrogens with two attached hydrogens (primary N) is 1. The lowest BCUT2D eigenvalue weighted by Gasteiger charge is -2.38. The van der Waals surface area contributed by atoms with E-state index in [-0.39, 0.29) is 17.4 Å². The highest BCUT2D eigenvalue weighted by atomic mass is 19.1. The van der Waals surface area contributed by atoms with Gasteiger partial charge in [0.05, 0.1) is 18.4 Å². The van der Waals surface area contributed by atoms with Gasteiger partial charge in [0.25, 0.3) is 0 Å². The van der Waals surface area contributed by atoms with Gasteiger partial charge in [0.15, 0.2) is 5.96 Å². The smallest absolute Gasteiger partial charge is 0.192 e. The first-order valence-electron chi connectivity index (χ1n) is 5.66. The first-order chi connectivity index (χ1) is 7.95. The van der Waals surface area contributed by atoms with Gasteiger partial charge in [0.1, 0.15) is 11.4 Å². The number of halogens is 1. The molecule has 0 spiro atoms. The number of hydrogen-bond acceptors (Lipinski definition) is 4. The minimum atomic E-state index is -0.383. The Morgan fingerprint density at radius 2 is 2.18 bits per heavy atom. The van der Waals surface area contributed by atoms with E-state index in [2.05, 4.69) is 23.8 Å². The van der Waals surface area contributed by atoms with Crippen LogP contribution < -0.4 is 5.73 Å². The van der Waals surface area contributed by atoms with E-state index in [1.165, 1.54) is 12.3 Å². The van der Waals surface area contributed by atoms with Crippen LogP contribution in [0.2, 0.25) is 0 Å². The summed E-state index contributed by atoms with van der Waals surface area (Å²) < 4.78 is 12.9. The summed E-state index contributed by atoms with van der Waals surface area (Å²) in [6.07, 6.45) is 1.23. The van der Waals surface area contributed by atoms with E-state index in [4.69, 9.17) is 5.73 Å². The van der Waals surface area contributed by atoms with Crippen LogP contribution in [0.5, 0.6) is 0 Å². The molecule has 1 aliphatic heterocycles. The first-order valence-corrected chi connectivity index (χ1v) is 5.66. The van der Waals surface area contributed by atoms with E-state index in [0.29, 0.717) is 12.5 Å². The van der Waals surface area contributed by atoms with Crippen LogP contribution in [0.4, 0.5) is 4.39 Å². The van der Waals surface area contributed by atoms with Crippen molar-refractivity contribution in [2.45, 2.75) is 32.4 Å². The molecule has 5 heteroatoms. The maximum Gasteiger partial charge on any atom is 0.192 e. The van der Waals surface area contributed by atoms with E-state index in [1.807, 2.05) is 11.8 Å². The summed E-state index contributed by atoms with van der Waals surface area (Å²) in [6, 6.07) is 3.33. The minimum Gasteiger partial charge on any atom is -0.370 e. The predicted octanol–water partition coefficient (Wildman–Crippen LogP) is 1.47. The van der Waals surface area contributed by atoms with Gasteiger partial charge in [-0.1, -0.05) is 0 Å². The van der Waals surface area contributed by atoms with E-state index in [0.717, 1.165) is 5.69 Å². The second kappa shape index (κ2) is 3.98. The Kier molecular flexibility index (Phi) is 2.77. The van der Waals surface area contributed by atoms with Crippen LogP contribution >= 0.6 is 0 Å². The fourth-order valence-corrected chi connectivity index (χ4v) is 2.37. The fourth-order valence-electron chi connectivity index (χ4n) is 2.37. The second-order valence-corrected chi connectivity index (χ2v) is 4.77. The average Bonchev–Trinajstić information content (AvgIpc) is 2.56. The zero-order valence-electron chi connectivity index (χ0n) is 10.3. The maximum absolute atomic E-state index is 12.9. The summed E-state index contributed by atoms with van der Waals surface area (Å²) in [6.45, 7) is 6.68. The van der Waals surface area contributed by atoms with Crippen molar-refractivity contribution < 1.29 is 4.39 Å². The molecule has 0 amide bonds. The Labute approximate surface area is 100 Å². The van der Waals surface area contributed by atoms with Gasteiger partial charge < -0.3 is 10.6 Å². The van der Waals surface area contributed by atoms with Gasteiger partial charge >= 0.3 is 0 Å². The normalized spacial score (nSPS) is 24.3. The molecule has 1 atom stereocenters. The molecule has 0 saturated heterocycles. The largest absolute Gasteiger partial charge is 0.370 e. The highest BCUT2D eigenvalue weighted by Crippen LogP contribution is 2.32. The van der Waals surface area contributed by atoms with Gasteiger partial charge in [0, 0.05) is 6.04 Å². The van der Waals surface area contributed by atoms with Crippen molar-refractivity contribution in [3.05, 3.63) is 29.8 Å². The number of hydrogen-bond donors (Lipinski definition) is 1. The highest BCUT2D eigenvalue weighted by molar-refractivity contribution is 5.81. The zero-order valence-corrected chi connectivity index (χ0v) is 10.3. The third-order valence-corrected chi connectivity index (χ3v) is 3.12. The molecule has 92 valence electrons. The van der Waals surface area contributed by atoms with Crippen molar-refractivity contribution in [3.63, 3.8) is 0 Å². The van der Waals surface area contributed by atoms with Crippen molar-refractivity contribution in [2.75, 3.05) is 6.54 Å². The van der Waals surface area contributed by atoms with E-state index in [1.54, 1.807) is 6.07 Å². The van der Waals surface area contributed by atoms with Gasteiger partial charge in [-0.25, -0.2) is 4.39 Å². The molecule has 1 aliphatic rings. The van der Waals surface area contributed by atoms with Crippen LogP contribution in [0.15, 0.2) is 23.3 Å². The molecule has 17 heavy (non-hydrogen) atoms. The molecule has 2 heterocycles. The summed E-state index contributed by atoms with van der Waals surface area (Å²) >= 11 is 0. The summed E-state index contributed by atoms with van der Waals surface area (Å²) in [4.78, 5) is 10.5. The standard InChI is InChI=1S/C12H17FN4/c1-8(2)17-11(14)16-7-12(17,3)10-5-4-9(13)6-15-10/h4-6,8H,7H2,1-3H3,(H2,14,16). The van der Waals surface area contributed by atoms with Crippen LogP contribution in [0.1, 0.15) is 26.5 Å². The van der Waals surface area contributed by atoms with Gasteiger partial charge in [-0.05, 0) is 32.9 Å². The minimum absolute atomic E-state index is 0.220. The predicted molar refractivity (Wildman–Crippen MR) is 65.0 cm³/mol. The van der Waals surface area contributed by atoms with Crippen LogP contribution in [-0.4, -0.2) is 28.4 Å². The van der Waals surface area contributed by atoms with Gasteiger partial charge in [-0.3, -0.25) is 9.98 Å². The average molecular weight is 236 g/mol. The number of nitrogens with zero attached hydrogens (tertiary/aromatic N) is 3. The monoisotopic (exact) mass is 236 g/mol. The number of aromatic nitrogens is 1. The Hall–Kier alpha value is -1.65. The molecular formula is C12H17FN4. The molecule has 0 aliphatic carbocycles. The van der Waals surface area contributed by atoms with Crippen molar-refractivity contribution >= 4 is 5.96 Å². The zero-order chi connectivity index (χ0) is 12.6.